The van der Waals surface area contributed by atoms with Crippen LogP contribution in [-0.2, 0) is 11.3 Å². The maximum atomic E-state index is 11.3. The largest absolute Gasteiger partial charge is 0.394 e. The fourth-order valence-corrected chi connectivity index (χ4v) is 2.00. The van der Waals surface area contributed by atoms with E-state index in [0.29, 0.717) is 25.3 Å². The Morgan fingerprint density at radius 3 is 3.11 bits per heavy atom. The SMILES string of the molecule is NNC(=O)c1ccc(CN2CCOC(CO)C2)nc1. The van der Waals surface area contributed by atoms with E-state index in [1.165, 1.54) is 6.20 Å². The average Bonchev–Trinajstić information content (AvgIpc) is 2.47. The molecule has 4 N–H and O–H groups in total. The van der Waals surface area contributed by atoms with E-state index in [9.17, 15) is 4.79 Å². The van der Waals surface area contributed by atoms with E-state index in [4.69, 9.17) is 15.7 Å². The molecule has 7 nitrogen and oxygen atoms in total. The van der Waals surface area contributed by atoms with E-state index in [0.717, 1.165) is 12.2 Å². The molecule has 104 valence electrons. The van der Waals surface area contributed by atoms with Crippen molar-refractivity contribution < 1.29 is 14.6 Å². The van der Waals surface area contributed by atoms with Crippen LogP contribution in [0.2, 0.25) is 0 Å². The van der Waals surface area contributed by atoms with Crippen molar-refractivity contribution in [1.29, 1.82) is 0 Å². The standard InChI is InChI=1S/C12H18N4O3/c13-15-12(18)9-1-2-10(14-5-9)6-16-3-4-19-11(7-16)8-17/h1-2,5,11,17H,3-4,6-8,13H2,(H,15,18). The van der Waals surface area contributed by atoms with E-state index in [-0.39, 0.29) is 18.6 Å². The van der Waals surface area contributed by atoms with E-state index in [1.807, 2.05) is 0 Å². The number of carbonyl (C=O) groups is 1. The van der Waals surface area contributed by atoms with Crippen LogP contribution >= 0.6 is 0 Å². The van der Waals surface area contributed by atoms with Gasteiger partial charge in [0.1, 0.15) is 0 Å². The van der Waals surface area contributed by atoms with Gasteiger partial charge in [0.25, 0.3) is 5.91 Å². The maximum absolute atomic E-state index is 11.3. The van der Waals surface area contributed by atoms with Crippen molar-refractivity contribution in [3.63, 3.8) is 0 Å². The Hall–Kier alpha value is -1.54. The Bertz CT molecular complexity index is 423. The monoisotopic (exact) mass is 266 g/mol. The molecule has 0 bridgehead atoms. The molecule has 19 heavy (non-hydrogen) atoms. The first-order valence-electron chi connectivity index (χ1n) is 6.13. The van der Waals surface area contributed by atoms with Gasteiger partial charge in [-0.3, -0.25) is 20.1 Å². The Morgan fingerprint density at radius 2 is 2.47 bits per heavy atom. The zero-order chi connectivity index (χ0) is 13.7. The highest BCUT2D eigenvalue weighted by Gasteiger charge is 2.19. The van der Waals surface area contributed by atoms with Crippen LogP contribution in [0.15, 0.2) is 18.3 Å². The highest BCUT2D eigenvalue weighted by atomic mass is 16.5. The number of aliphatic hydroxyl groups is 1. The third kappa shape index (κ3) is 3.71. The third-order valence-electron chi connectivity index (χ3n) is 3.03. The highest BCUT2D eigenvalue weighted by molar-refractivity contribution is 5.93. The van der Waals surface area contributed by atoms with Crippen LogP contribution < -0.4 is 11.3 Å². The Labute approximate surface area is 111 Å². The van der Waals surface area contributed by atoms with E-state index in [2.05, 4.69) is 15.3 Å². The zero-order valence-corrected chi connectivity index (χ0v) is 10.6. The smallest absolute Gasteiger partial charge is 0.266 e. The number of carbonyl (C=O) groups excluding carboxylic acids is 1. The van der Waals surface area contributed by atoms with Crippen LogP contribution in [0.25, 0.3) is 0 Å². The van der Waals surface area contributed by atoms with Gasteiger partial charge in [-0.15, -0.1) is 0 Å². The molecule has 1 unspecified atom stereocenters. The normalized spacial score (nSPS) is 20.2. The van der Waals surface area contributed by atoms with Crippen LogP contribution in [0.3, 0.4) is 0 Å². The molecular formula is C12H18N4O3. The fraction of sp³-hybridized carbons (Fsp3) is 0.500. The van der Waals surface area contributed by atoms with Crippen molar-refractivity contribution in [3.8, 4) is 0 Å². The maximum Gasteiger partial charge on any atom is 0.266 e. The molecule has 1 fully saturated rings. The number of hydrazine groups is 1. The lowest BCUT2D eigenvalue weighted by atomic mass is 10.2. The topological polar surface area (TPSA) is 101 Å². The van der Waals surface area contributed by atoms with Crippen molar-refractivity contribution in [2.45, 2.75) is 12.6 Å². The lowest BCUT2D eigenvalue weighted by Crippen LogP contribution is -2.43. The Morgan fingerprint density at radius 1 is 1.63 bits per heavy atom. The highest BCUT2D eigenvalue weighted by Crippen LogP contribution is 2.09. The van der Waals surface area contributed by atoms with Crippen LogP contribution in [0.5, 0.6) is 0 Å². The van der Waals surface area contributed by atoms with Gasteiger partial charge >= 0.3 is 0 Å². The third-order valence-corrected chi connectivity index (χ3v) is 3.03. The second-order valence-corrected chi connectivity index (χ2v) is 4.42. The molecule has 0 spiro atoms. The molecule has 1 aliphatic rings. The van der Waals surface area contributed by atoms with Gasteiger partial charge in [0, 0.05) is 25.8 Å². The van der Waals surface area contributed by atoms with Crippen molar-refractivity contribution in [1.82, 2.24) is 15.3 Å². The quantitative estimate of drug-likeness (QED) is 0.362. The summed E-state index contributed by atoms with van der Waals surface area (Å²) < 4.78 is 5.38. The minimum Gasteiger partial charge on any atom is -0.394 e. The number of nitrogens with two attached hydrogens (primary N) is 1. The molecule has 0 aliphatic carbocycles. The van der Waals surface area contributed by atoms with Gasteiger partial charge in [-0.05, 0) is 12.1 Å². The molecule has 2 heterocycles. The van der Waals surface area contributed by atoms with Gasteiger partial charge in [-0.2, -0.15) is 0 Å². The molecule has 0 aromatic carbocycles. The number of hydrogen-bond donors (Lipinski definition) is 3. The first-order chi connectivity index (χ1) is 9.22. The number of nitrogen functional groups attached to an aromatic ring is 1. The van der Waals surface area contributed by atoms with Crippen LogP contribution in [-0.4, -0.2) is 53.3 Å². The first kappa shape index (κ1) is 13.9. The van der Waals surface area contributed by atoms with E-state index in [1.54, 1.807) is 12.1 Å². The minimum atomic E-state index is -0.356. The number of hydrogen-bond acceptors (Lipinski definition) is 6. The van der Waals surface area contributed by atoms with Gasteiger partial charge < -0.3 is 9.84 Å². The van der Waals surface area contributed by atoms with Crippen LogP contribution in [0.1, 0.15) is 16.1 Å². The minimum absolute atomic E-state index is 0.0273. The molecule has 1 saturated heterocycles. The Kier molecular flexibility index (Phi) is 4.80. The summed E-state index contributed by atoms with van der Waals surface area (Å²) in [5, 5.41) is 9.08. The predicted octanol–water partition coefficient (Wildman–Crippen LogP) is -1.12. The molecule has 1 amide bonds. The van der Waals surface area contributed by atoms with Crippen LogP contribution in [0, 0.1) is 0 Å². The molecule has 2 rings (SSSR count). The summed E-state index contributed by atoms with van der Waals surface area (Å²) in [5.74, 6) is 4.69. The number of aromatic nitrogens is 1. The molecule has 1 atom stereocenters. The van der Waals surface area contributed by atoms with E-state index >= 15 is 0 Å². The lowest BCUT2D eigenvalue weighted by molar-refractivity contribution is -0.0553. The zero-order valence-electron chi connectivity index (χ0n) is 10.6. The number of ether oxygens (including phenoxy) is 1. The van der Waals surface area contributed by atoms with Gasteiger partial charge in [0.2, 0.25) is 0 Å². The van der Waals surface area contributed by atoms with Gasteiger partial charge in [-0.25, -0.2) is 5.84 Å². The molecule has 1 aromatic rings. The first-order valence-corrected chi connectivity index (χ1v) is 6.13. The van der Waals surface area contributed by atoms with Gasteiger partial charge in [-0.1, -0.05) is 0 Å². The van der Waals surface area contributed by atoms with Gasteiger partial charge in [0.15, 0.2) is 0 Å². The number of morpholine rings is 1. The van der Waals surface area contributed by atoms with Crippen molar-refractivity contribution in [2.24, 2.45) is 5.84 Å². The van der Waals surface area contributed by atoms with Crippen LogP contribution in [0.4, 0.5) is 0 Å². The Balaban J connectivity index is 1.94. The summed E-state index contributed by atoms with van der Waals surface area (Å²) in [6.07, 6.45) is 1.37. The number of aliphatic hydroxyl groups excluding tert-OH is 1. The summed E-state index contributed by atoms with van der Waals surface area (Å²) in [6.45, 7) is 2.80. The summed E-state index contributed by atoms with van der Waals surface area (Å²) in [4.78, 5) is 17.7. The van der Waals surface area contributed by atoms with Gasteiger partial charge in [0.05, 0.1) is 30.6 Å². The van der Waals surface area contributed by atoms with Crippen molar-refractivity contribution >= 4 is 5.91 Å². The van der Waals surface area contributed by atoms with Crippen molar-refractivity contribution in [3.05, 3.63) is 29.6 Å². The summed E-state index contributed by atoms with van der Waals surface area (Å²) in [5.41, 5.74) is 3.36. The molecule has 0 saturated carbocycles. The number of amides is 1. The predicted molar refractivity (Wildman–Crippen MR) is 68.0 cm³/mol. The molecule has 7 heteroatoms. The summed E-state index contributed by atoms with van der Waals surface area (Å²) in [7, 11) is 0. The average molecular weight is 266 g/mol. The second kappa shape index (κ2) is 6.58. The van der Waals surface area contributed by atoms with E-state index < -0.39 is 0 Å². The molecule has 1 aliphatic heterocycles. The molecule has 1 aromatic heterocycles. The van der Waals surface area contributed by atoms with Crippen molar-refractivity contribution in [2.75, 3.05) is 26.3 Å². The summed E-state index contributed by atoms with van der Waals surface area (Å²) in [6, 6.07) is 3.49. The molecule has 0 radical (unpaired) electrons. The second-order valence-electron chi connectivity index (χ2n) is 4.42. The number of pyridine rings is 1. The lowest BCUT2D eigenvalue weighted by Gasteiger charge is -2.31. The fourth-order valence-electron chi connectivity index (χ4n) is 2.00. The number of rotatable bonds is 4. The molecular weight excluding hydrogens is 248 g/mol. The number of nitrogens with one attached hydrogen (secondary N) is 1. The summed E-state index contributed by atoms with van der Waals surface area (Å²) >= 11 is 0. The number of nitrogens with zero attached hydrogens (tertiary/aromatic N) is 2.